The van der Waals surface area contributed by atoms with Crippen molar-refractivity contribution in [1.29, 1.82) is 0 Å². The third kappa shape index (κ3) is 2.36. The van der Waals surface area contributed by atoms with Crippen LogP contribution in [0.4, 0.5) is 8.78 Å². The molecule has 100 valence electrons. The smallest absolute Gasteiger partial charge is 0.313 e. The molecule has 0 aromatic heterocycles. The first kappa shape index (κ1) is 14.6. The number of carbonyl (C=O) groups is 1. The molecule has 0 aliphatic rings. The Morgan fingerprint density at radius 1 is 1.39 bits per heavy atom. The molecule has 0 radical (unpaired) electrons. The molecule has 0 aliphatic carbocycles. The van der Waals surface area contributed by atoms with Gasteiger partial charge in [0.1, 0.15) is 11.6 Å². The second kappa shape index (κ2) is 5.02. The van der Waals surface area contributed by atoms with Crippen molar-refractivity contribution in [3.63, 3.8) is 0 Å². The highest BCUT2D eigenvalue weighted by Crippen LogP contribution is 2.35. The number of rotatable bonds is 3. The second-order valence-electron chi connectivity index (χ2n) is 4.78. The molecule has 1 aromatic rings. The summed E-state index contributed by atoms with van der Waals surface area (Å²) in [5.41, 5.74) is 4.61. The average Bonchev–Trinajstić information content (AvgIpc) is 2.33. The third-order valence-electron chi connectivity index (χ3n) is 3.12. The van der Waals surface area contributed by atoms with Crippen molar-refractivity contribution in [3.05, 3.63) is 34.9 Å². The maximum absolute atomic E-state index is 13.9. The molecule has 0 saturated heterocycles. The van der Waals surface area contributed by atoms with E-state index in [4.69, 9.17) is 5.73 Å². The van der Waals surface area contributed by atoms with Gasteiger partial charge in [-0.25, -0.2) is 8.78 Å². The molecule has 0 unspecified atom stereocenters. The van der Waals surface area contributed by atoms with Gasteiger partial charge in [-0.15, -0.1) is 0 Å². The van der Waals surface area contributed by atoms with Crippen molar-refractivity contribution in [2.45, 2.75) is 26.8 Å². The third-order valence-corrected chi connectivity index (χ3v) is 3.12. The summed E-state index contributed by atoms with van der Waals surface area (Å²) in [4.78, 5) is 11.6. The first-order chi connectivity index (χ1) is 8.23. The molecule has 0 aliphatic heterocycles. The highest BCUT2D eigenvalue weighted by molar-refractivity contribution is 5.77. The molecule has 1 rings (SSSR count). The van der Waals surface area contributed by atoms with Gasteiger partial charge in [0, 0.05) is 5.56 Å². The Morgan fingerprint density at radius 3 is 2.44 bits per heavy atom. The summed E-state index contributed by atoms with van der Waals surface area (Å²) in [5, 5.41) is 0. The highest BCUT2D eigenvalue weighted by Gasteiger charge is 2.39. The van der Waals surface area contributed by atoms with Gasteiger partial charge in [-0.2, -0.15) is 0 Å². The molecule has 0 bridgehead atoms. The van der Waals surface area contributed by atoms with Crippen LogP contribution in [0.2, 0.25) is 0 Å². The molecule has 0 fully saturated rings. The molecular formula is C13H17F2NO2. The van der Waals surface area contributed by atoms with E-state index in [0.717, 1.165) is 6.07 Å². The van der Waals surface area contributed by atoms with Crippen LogP contribution in [0.15, 0.2) is 12.1 Å². The van der Waals surface area contributed by atoms with Crippen LogP contribution in [0.1, 0.15) is 31.0 Å². The minimum atomic E-state index is -1.22. The molecule has 5 heteroatoms. The van der Waals surface area contributed by atoms with Crippen LogP contribution in [-0.2, 0) is 9.53 Å². The van der Waals surface area contributed by atoms with E-state index >= 15 is 0 Å². The number of methoxy groups -OCH3 is 1. The predicted molar refractivity (Wildman–Crippen MR) is 63.8 cm³/mol. The van der Waals surface area contributed by atoms with Gasteiger partial charge < -0.3 is 10.5 Å². The van der Waals surface area contributed by atoms with E-state index < -0.39 is 29.1 Å². The number of hydrogen-bond donors (Lipinski definition) is 1. The van der Waals surface area contributed by atoms with Crippen molar-refractivity contribution in [2.75, 3.05) is 7.11 Å². The summed E-state index contributed by atoms with van der Waals surface area (Å²) in [5.74, 6) is -2.10. The molecule has 18 heavy (non-hydrogen) atoms. The van der Waals surface area contributed by atoms with Gasteiger partial charge in [-0.3, -0.25) is 4.79 Å². The fourth-order valence-corrected chi connectivity index (χ4v) is 1.71. The van der Waals surface area contributed by atoms with E-state index in [9.17, 15) is 13.6 Å². The summed E-state index contributed by atoms with van der Waals surface area (Å²) >= 11 is 0. The predicted octanol–water partition coefficient (Wildman–Crippen LogP) is 2.47. The lowest BCUT2D eigenvalue weighted by atomic mass is 9.80. The fraction of sp³-hybridized carbons (Fsp3) is 0.462. The van der Waals surface area contributed by atoms with E-state index in [1.165, 1.54) is 33.9 Å². The zero-order valence-electron chi connectivity index (χ0n) is 10.9. The van der Waals surface area contributed by atoms with Gasteiger partial charge >= 0.3 is 5.97 Å². The lowest BCUT2D eigenvalue weighted by Crippen LogP contribution is -2.38. The van der Waals surface area contributed by atoms with Gasteiger partial charge in [0.05, 0.1) is 18.6 Å². The molecular weight excluding hydrogens is 240 g/mol. The highest BCUT2D eigenvalue weighted by atomic mass is 19.1. The van der Waals surface area contributed by atoms with Crippen molar-refractivity contribution in [2.24, 2.45) is 11.1 Å². The first-order valence-corrected chi connectivity index (χ1v) is 5.52. The molecule has 0 spiro atoms. The topological polar surface area (TPSA) is 52.3 Å². The van der Waals surface area contributed by atoms with Gasteiger partial charge in [0.2, 0.25) is 0 Å². The zero-order valence-corrected chi connectivity index (χ0v) is 10.9. The first-order valence-electron chi connectivity index (χ1n) is 5.52. The molecule has 0 amide bonds. The quantitative estimate of drug-likeness (QED) is 0.846. The van der Waals surface area contributed by atoms with E-state index in [2.05, 4.69) is 4.74 Å². The molecule has 0 heterocycles. The Morgan fingerprint density at radius 2 is 1.94 bits per heavy atom. The maximum atomic E-state index is 13.9. The Kier molecular flexibility index (Phi) is 4.06. The molecule has 2 N–H and O–H groups in total. The number of hydrogen-bond acceptors (Lipinski definition) is 3. The standard InChI is InChI=1S/C13H17F2NO2/c1-7-5-6-8(14)9(10(7)15)11(16)13(2,3)12(17)18-4/h5-6,11H,16H2,1-4H3/t11-/m0/s1. The molecule has 1 aromatic carbocycles. The van der Waals surface area contributed by atoms with Crippen molar-refractivity contribution in [1.82, 2.24) is 0 Å². The maximum Gasteiger partial charge on any atom is 0.313 e. The number of benzene rings is 1. The average molecular weight is 257 g/mol. The SMILES string of the molecule is COC(=O)C(C)(C)[C@@H](N)c1c(F)ccc(C)c1F. The van der Waals surface area contributed by atoms with Crippen LogP contribution in [0, 0.1) is 24.0 Å². The summed E-state index contributed by atoms with van der Waals surface area (Å²) in [6.45, 7) is 4.49. The molecule has 3 nitrogen and oxygen atoms in total. The number of aryl methyl sites for hydroxylation is 1. The summed E-state index contributed by atoms with van der Waals surface area (Å²) in [7, 11) is 1.21. The lowest BCUT2D eigenvalue weighted by molar-refractivity contribution is -0.152. The Hall–Kier alpha value is -1.49. The summed E-state index contributed by atoms with van der Waals surface area (Å²) in [6, 6.07) is 1.34. The fourth-order valence-electron chi connectivity index (χ4n) is 1.71. The van der Waals surface area contributed by atoms with Crippen molar-refractivity contribution in [3.8, 4) is 0 Å². The van der Waals surface area contributed by atoms with E-state index in [-0.39, 0.29) is 11.1 Å². The Bertz CT molecular complexity index is 472. The Labute approximate surface area is 105 Å². The van der Waals surface area contributed by atoms with Crippen LogP contribution in [0.3, 0.4) is 0 Å². The van der Waals surface area contributed by atoms with Gasteiger partial charge in [-0.1, -0.05) is 6.07 Å². The van der Waals surface area contributed by atoms with Crippen LogP contribution < -0.4 is 5.73 Å². The normalized spacial score (nSPS) is 13.3. The van der Waals surface area contributed by atoms with Crippen LogP contribution in [-0.4, -0.2) is 13.1 Å². The minimum Gasteiger partial charge on any atom is -0.469 e. The lowest BCUT2D eigenvalue weighted by Gasteiger charge is -2.29. The van der Waals surface area contributed by atoms with Crippen molar-refractivity contribution < 1.29 is 18.3 Å². The Balaban J connectivity index is 3.31. The van der Waals surface area contributed by atoms with Gasteiger partial charge in [-0.05, 0) is 32.4 Å². The minimum absolute atomic E-state index is 0.280. The zero-order chi connectivity index (χ0) is 14.1. The van der Waals surface area contributed by atoms with Crippen molar-refractivity contribution >= 4 is 5.97 Å². The number of carbonyl (C=O) groups excluding carboxylic acids is 1. The second-order valence-corrected chi connectivity index (χ2v) is 4.78. The van der Waals surface area contributed by atoms with E-state index in [0.29, 0.717) is 0 Å². The summed E-state index contributed by atoms with van der Waals surface area (Å²) in [6.07, 6.45) is 0. The van der Waals surface area contributed by atoms with E-state index in [1.54, 1.807) is 0 Å². The van der Waals surface area contributed by atoms with E-state index in [1.807, 2.05) is 0 Å². The van der Waals surface area contributed by atoms with Gasteiger partial charge in [0.25, 0.3) is 0 Å². The molecule has 0 saturated carbocycles. The summed E-state index contributed by atoms with van der Waals surface area (Å²) < 4.78 is 32.2. The number of ether oxygens (including phenoxy) is 1. The van der Waals surface area contributed by atoms with Crippen LogP contribution in [0.25, 0.3) is 0 Å². The monoisotopic (exact) mass is 257 g/mol. The van der Waals surface area contributed by atoms with Gasteiger partial charge in [0.15, 0.2) is 0 Å². The van der Waals surface area contributed by atoms with Crippen LogP contribution >= 0.6 is 0 Å². The van der Waals surface area contributed by atoms with Crippen LogP contribution in [0.5, 0.6) is 0 Å². The number of esters is 1. The largest absolute Gasteiger partial charge is 0.469 e. The number of nitrogens with two attached hydrogens (primary N) is 1. The molecule has 1 atom stereocenters. The number of halogens is 2.